The second kappa shape index (κ2) is 10.0. The first-order valence-corrected chi connectivity index (χ1v) is 9.73. The van der Waals surface area contributed by atoms with Crippen molar-refractivity contribution >= 4 is 11.9 Å². The van der Waals surface area contributed by atoms with Crippen LogP contribution in [0.3, 0.4) is 0 Å². The van der Waals surface area contributed by atoms with E-state index >= 15 is 0 Å². The molecule has 184 valence electrons. The smallest absolute Gasteiger partial charge is 0.341 e. The Morgan fingerprint density at radius 3 is 2.15 bits per heavy atom. The zero-order chi connectivity index (χ0) is 25.2. The van der Waals surface area contributed by atoms with Gasteiger partial charge in [-0.05, 0) is 30.3 Å². The van der Waals surface area contributed by atoms with Gasteiger partial charge in [0.25, 0.3) is 0 Å². The van der Waals surface area contributed by atoms with Gasteiger partial charge in [0.05, 0.1) is 12.7 Å². The number of methoxy groups -OCH3 is 1. The third-order valence-electron chi connectivity index (χ3n) is 4.98. The van der Waals surface area contributed by atoms with Crippen molar-refractivity contribution in [2.24, 2.45) is 0 Å². The predicted octanol–water partition coefficient (Wildman–Crippen LogP) is -0.661. The van der Waals surface area contributed by atoms with Crippen molar-refractivity contribution in [1.29, 1.82) is 0 Å². The molecule has 2 aromatic rings. The summed E-state index contributed by atoms with van der Waals surface area (Å²) < 4.78 is 20.4. The summed E-state index contributed by atoms with van der Waals surface area (Å²) in [7, 11) is 1.10. The number of phenols is 4. The van der Waals surface area contributed by atoms with Gasteiger partial charge in [0.15, 0.2) is 17.2 Å². The molecule has 0 aromatic heterocycles. The average Bonchev–Trinajstić information content (AvgIpc) is 2.82. The molecule has 34 heavy (non-hydrogen) atoms. The normalized spacial score (nSPS) is 24.3. The molecule has 2 aromatic carbocycles. The first kappa shape index (κ1) is 24.9. The molecule has 0 amide bonds. The van der Waals surface area contributed by atoms with Gasteiger partial charge in [0.2, 0.25) is 6.29 Å². The van der Waals surface area contributed by atoms with Crippen molar-refractivity contribution in [2.75, 3.05) is 13.7 Å². The molecule has 0 spiro atoms. The molecule has 0 radical (unpaired) electrons. The maximum absolute atomic E-state index is 12.2. The van der Waals surface area contributed by atoms with Crippen LogP contribution in [-0.2, 0) is 14.2 Å². The lowest BCUT2D eigenvalue weighted by Gasteiger charge is -2.39. The molecule has 1 aliphatic heterocycles. The van der Waals surface area contributed by atoms with Gasteiger partial charge >= 0.3 is 11.9 Å². The number of aliphatic hydroxyl groups excluding tert-OH is 3. The van der Waals surface area contributed by atoms with Crippen LogP contribution < -0.4 is 4.74 Å². The molecular weight excluding hydrogens is 460 g/mol. The van der Waals surface area contributed by atoms with Gasteiger partial charge < -0.3 is 54.7 Å². The summed E-state index contributed by atoms with van der Waals surface area (Å²) in [4.78, 5) is 23.9. The molecule has 0 unspecified atom stereocenters. The van der Waals surface area contributed by atoms with E-state index in [9.17, 15) is 45.3 Å². The minimum atomic E-state index is -1.78. The van der Waals surface area contributed by atoms with E-state index < -0.39 is 72.2 Å². The fourth-order valence-electron chi connectivity index (χ4n) is 3.11. The Bertz CT molecular complexity index is 1050. The van der Waals surface area contributed by atoms with Gasteiger partial charge in [0.1, 0.15) is 48.1 Å². The lowest BCUT2D eigenvalue weighted by Crippen LogP contribution is -2.60. The van der Waals surface area contributed by atoms with Gasteiger partial charge in [-0.3, -0.25) is 0 Å². The number of ether oxygens (including phenoxy) is 4. The van der Waals surface area contributed by atoms with E-state index in [0.29, 0.717) is 0 Å². The summed E-state index contributed by atoms with van der Waals surface area (Å²) in [6.45, 7) is -0.644. The van der Waals surface area contributed by atoms with E-state index in [4.69, 9.17) is 14.2 Å². The summed E-state index contributed by atoms with van der Waals surface area (Å²) in [6, 6.07) is 5.15. The maximum atomic E-state index is 12.2. The van der Waals surface area contributed by atoms with Crippen LogP contribution in [0.4, 0.5) is 0 Å². The molecule has 13 nitrogen and oxygen atoms in total. The molecule has 1 saturated heterocycles. The van der Waals surface area contributed by atoms with Crippen molar-refractivity contribution < 1.29 is 64.3 Å². The van der Waals surface area contributed by atoms with Gasteiger partial charge in [0, 0.05) is 0 Å². The number of benzene rings is 2. The quantitative estimate of drug-likeness (QED) is 0.201. The monoisotopic (exact) mass is 482 g/mol. The lowest BCUT2D eigenvalue weighted by molar-refractivity contribution is -0.277. The summed E-state index contributed by atoms with van der Waals surface area (Å²) >= 11 is 0. The number of hydrogen-bond acceptors (Lipinski definition) is 13. The van der Waals surface area contributed by atoms with E-state index in [2.05, 4.69) is 4.74 Å². The van der Waals surface area contributed by atoms with Crippen LogP contribution >= 0.6 is 0 Å². The summed E-state index contributed by atoms with van der Waals surface area (Å²) in [6.07, 6.45) is -8.19. The molecule has 1 aliphatic rings. The van der Waals surface area contributed by atoms with Crippen molar-refractivity contribution in [2.45, 2.75) is 30.7 Å². The third kappa shape index (κ3) is 5.07. The summed E-state index contributed by atoms with van der Waals surface area (Å²) in [5.74, 6) is -4.75. The fraction of sp³-hybridized carbons (Fsp3) is 0.333. The third-order valence-corrected chi connectivity index (χ3v) is 4.98. The number of aromatic hydroxyl groups is 4. The zero-order valence-electron chi connectivity index (χ0n) is 17.6. The topological polar surface area (TPSA) is 213 Å². The first-order chi connectivity index (χ1) is 16.0. The lowest BCUT2D eigenvalue weighted by atomic mass is 9.99. The SMILES string of the molecule is COC(=O)c1cc(O[C@@H]2O[C@H](COC(=O)c3cc(O)c(O)c(O)c3)[C@@H](O)[C@H](O)[C@H]2O)ccc1O. The molecule has 0 saturated carbocycles. The molecule has 13 heteroatoms. The molecule has 5 atom stereocenters. The fourth-order valence-corrected chi connectivity index (χ4v) is 3.11. The highest BCUT2D eigenvalue weighted by atomic mass is 16.7. The van der Waals surface area contributed by atoms with Crippen molar-refractivity contribution in [3.8, 4) is 28.7 Å². The number of carbonyl (C=O) groups excluding carboxylic acids is 2. The van der Waals surface area contributed by atoms with Crippen molar-refractivity contribution in [3.05, 3.63) is 41.5 Å². The maximum Gasteiger partial charge on any atom is 0.341 e. The largest absolute Gasteiger partial charge is 0.507 e. The van der Waals surface area contributed by atoms with Crippen LogP contribution in [0.15, 0.2) is 30.3 Å². The number of phenolic OH excluding ortho intramolecular Hbond substituents is 4. The molecule has 7 N–H and O–H groups in total. The van der Waals surface area contributed by atoms with Gasteiger partial charge in [-0.2, -0.15) is 0 Å². The average molecular weight is 482 g/mol. The second-order valence-corrected chi connectivity index (χ2v) is 7.26. The number of carbonyl (C=O) groups is 2. The van der Waals surface area contributed by atoms with Crippen molar-refractivity contribution in [3.63, 3.8) is 0 Å². The predicted molar refractivity (Wildman–Crippen MR) is 108 cm³/mol. The van der Waals surface area contributed by atoms with Crippen LogP contribution in [-0.4, -0.2) is 92.1 Å². The summed E-state index contributed by atoms with van der Waals surface area (Å²) in [5.41, 5.74) is -0.567. The van der Waals surface area contributed by atoms with E-state index in [1.165, 1.54) is 6.07 Å². The number of aliphatic hydroxyl groups is 3. The van der Waals surface area contributed by atoms with E-state index in [1.807, 2.05) is 0 Å². The summed E-state index contributed by atoms with van der Waals surface area (Å²) in [5, 5.41) is 68.7. The Kier molecular flexibility index (Phi) is 7.32. The molecule has 1 heterocycles. The standard InChI is InChI=1S/C21H22O13/c1-31-20(30)10-6-9(2-3-11(10)22)33-21-18(28)17(27)16(26)14(34-21)7-32-19(29)8-4-12(23)15(25)13(24)5-8/h2-6,14,16-18,21-28H,7H2,1H3/t14-,16-,17+,18-,21-/m1/s1. The second-order valence-electron chi connectivity index (χ2n) is 7.26. The van der Waals surface area contributed by atoms with E-state index in [-0.39, 0.29) is 16.9 Å². The molecular formula is C21H22O13. The molecule has 0 aliphatic carbocycles. The van der Waals surface area contributed by atoms with Gasteiger partial charge in [-0.15, -0.1) is 0 Å². The minimum absolute atomic E-state index is 0.0587. The van der Waals surface area contributed by atoms with E-state index in [0.717, 1.165) is 31.4 Å². The number of hydrogen-bond donors (Lipinski definition) is 7. The molecule has 1 fully saturated rings. The molecule has 3 rings (SSSR count). The highest BCUT2D eigenvalue weighted by Gasteiger charge is 2.45. The zero-order valence-corrected chi connectivity index (χ0v) is 17.6. The van der Waals surface area contributed by atoms with Crippen LogP contribution in [0.5, 0.6) is 28.7 Å². The highest BCUT2D eigenvalue weighted by Crippen LogP contribution is 2.35. The van der Waals surface area contributed by atoms with Crippen LogP contribution in [0, 0.1) is 0 Å². The van der Waals surface area contributed by atoms with Crippen molar-refractivity contribution in [1.82, 2.24) is 0 Å². The highest BCUT2D eigenvalue weighted by molar-refractivity contribution is 5.92. The van der Waals surface area contributed by atoms with Crippen LogP contribution in [0.1, 0.15) is 20.7 Å². The van der Waals surface area contributed by atoms with Gasteiger partial charge in [-0.1, -0.05) is 0 Å². The Hall–Kier alpha value is -3.78. The Morgan fingerprint density at radius 2 is 1.53 bits per heavy atom. The van der Waals surface area contributed by atoms with Crippen LogP contribution in [0.2, 0.25) is 0 Å². The Labute approximate surface area is 191 Å². The molecule has 0 bridgehead atoms. The number of rotatable bonds is 6. The first-order valence-electron chi connectivity index (χ1n) is 9.73. The Balaban J connectivity index is 1.71. The Morgan fingerprint density at radius 1 is 0.882 bits per heavy atom. The number of esters is 2. The van der Waals surface area contributed by atoms with E-state index in [1.54, 1.807) is 0 Å². The van der Waals surface area contributed by atoms with Gasteiger partial charge in [-0.25, -0.2) is 9.59 Å². The minimum Gasteiger partial charge on any atom is -0.507 e. The van der Waals surface area contributed by atoms with Crippen LogP contribution in [0.25, 0.3) is 0 Å².